The van der Waals surface area contributed by atoms with Crippen molar-refractivity contribution in [2.24, 2.45) is 0 Å². The number of carbonyl (C=O) groups excluding carboxylic acids is 1. The first-order valence-corrected chi connectivity index (χ1v) is 9.27. The minimum Gasteiger partial charge on any atom is -0.462 e. The van der Waals surface area contributed by atoms with Crippen LogP contribution in [0.25, 0.3) is 11.0 Å². The molecule has 3 aromatic rings. The summed E-state index contributed by atoms with van der Waals surface area (Å²) in [5.74, 6) is -0.658. The summed E-state index contributed by atoms with van der Waals surface area (Å²) in [5, 5.41) is 0.703. The van der Waals surface area contributed by atoms with Crippen LogP contribution in [0.2, 0.25) is 0 Å². The molecule has 4 rings (SSSR count). The zero-order chi connectivity index (χ0) is 18.3. The molecule has 2 heterocycles. The molecule has 0 amide bonds. The van der Waals surface area contributed by atoms with Crippen molar-refractivity contribution in [3.8, 4) is 0 Å². The first-order chi connectivity index (χ1) is 12.6. The molecule has 0 atom stereocenters. The molecule has 0 spiro atoms. The first-order valence-electron chi connectivity index (χ1n) is 8.45. The number of carbonyl (C=O) groups is 1. The van der Waals surface area contributed by atoms with Crippen LogP contribution in [0, 0.1) is 0 Å². The number of para-hydroxylation sites is 1. The molecule has 0 aliphatic carbocycles. The Morgan fingerprint density at radius 2 is 1.92 bits per heavy atom. The molecule has 0 saturated carbocycles. The van der Waals surface area contributed by atoms with Crippen molar-refractivity contribution in [1.29, 1.82) is 0 Å². The van der Waals surface area contributed by atoms with Gasteiger partial charge in [0.25, 0.3) is 0 Å². The third-order valence-corrected chi connectivity index (χ3v) is 5.40. The second kappa shape index (κ2) is 6.53. The highest BCUT2D eigenvalue weighted by molar-refractivity contribution is 7.99. The van der Waals surface area contributed by atoms with E-state index in [1.165, 1.54) is 4.90 Å². The summed E-state index contributed by atoms with van der Waals surface area (Å²) in [6.45, 7) is 4.78. The Labute approximate surface area is 154 Å². The van der Waals surface area contributed by atoms with E-state index in [0.29, 0.717) is 11.0 Å². The lowest BCUT2D eigenvalue weighted by Crippen LogP contribution is -2.20. The number of anilines is 2. The van der Waals surface area contributed by atoms with E-state index in [-0.39, 0.29) is 12.2 Å². The maximum Gasteiger partial charge on any atom is 0.351 e. The summed E-state index contributed by atoms with van der Waals surface area (Å²) in [6, 6.07) is 13.6. The van der Waals surface area contributed by atoms with E-state index in [1.54, 1.807) is 24.8 Å². The van der Waals surface area contributed by atoms with Gasteiger partial charge in [0.15, 0.2) is 0 Å². The van der Waals surface area contributed by atoms with Crippen LogP contribution in [0.15, 0.2) is 61.5 Å². The smallest absolute Gasteiger partial charge is 0.351 e. The molecule has 5 nitrogen and oxygen atoms in total. The highest BCUT2D eigenvalue weighted by Gasteiger charge is 2.24. The second-order valence-corrected chi connectivity index (χ2v) is 6.92. The second-order valence-electron chi connectivity index (χ2n) is 5.84. The maximum atomic E-state index is 12.2. The highest BCUT2D eigenvalue weighted by Crippen LogP contribution is 2.49. The van der Waals surface area contributed by atoms with Gasteiger partial charge in [-0.3, -0.25) is 0 Å². The Balaban J connectivity index is 1.89. The van der Waals surface area contributed by atoms with E-state index in [2.05, 4.69) is 24.0 Å². The molecule has 0 N–H and O–H groups in total. The molecule has 0 radical (unpaired) electrons. The summed E-state index contributed by atoms with van der Waals surface area (Å²) < 4.78 is 10.4. The third-order valence-electron chi connectivity index (χ3n) is 4.29. The average Bonchev–Trinajstić information content (AvgIpc) is 2.64. The van der Waals surface area contributed by atoms with Crippen molar-refractivity contribution < 1.29 is 13.9 Å². The number of ether oxygens (including phenoxy) is 1. The van der Waals surface area contributed by atoms with Gasteiger partial charge in [-0.1, -0.05) is 23.9 Å². The van der Waals surface area contributed by atoms with Crippen LogP contribution in [0.1, 0.15) is 24.2 Å². The van der Waals surface area contributed by atoms with Crippen molar-refractivity contribution in [3.63, 3.8) is 0 Å². The Morgan fingerprint density at radius 1 is 1.12 bits per heavy atom. The summed E-state index contributed by atoms with van der Waals surface area (Å²) in [5.41, 5.74) is 1.84. The van der Waals surface area contributed by atoms with Crippen LogP contribution in [-0.4, -0.2) is 19.1 Å². The quantitative estimate of drug-likeness (QED) is 0.498. The molecule has 2 aromatic carbocycles. The van der Waals surface area contributed by atoms with Gasteiger partial charge in [-0.2, -0.15) is 0 Å². The Bertz CT molecular complexity index is 1070. The van der Waals surface area contributed by atoms with Crippen molar-refractivity contribution in [2.75, 3.05) is 18.1 Å². The van der Waals surface area contributed by atoms with Gasteiger partial charge in [0.2, 0.25) is 0 Å². The van der Waals surface area contributed by atoms with Crippen LogP contribution < -0.4 is 10.5 Å². The summed E-state index contributed by atoms with van der Waals surface area (Å²) >= 11 is 1.67. The van der Waals surface area contributed by atoms with Crippen LogP contribution >= 0.6 is 11.8 Å². The number of hydrogen-bond donors (Lipinski definition) is 0. The van der Waals surface area contributed by atoms with Crippen molar-refractivity contribution in [2.45, 2.75) is 23.6 Å². The number of hydrogen-bond acceptors (Lipinski definition) is 6. The van der Waals surface area contributed by atoms with Gasteiger partial charge >= 0.3 is 11.6 Å². The molecule has 0 bridgehead atoms. The standard InChI is InChI=1S/C20H17NO4S/c1-3-21-14-7-5-6-8-17(14)26-18-10-12-9-13(19(22)24-4-2)20(23)25-16(12)11-15(18)21/h5-11H,3-4H2,1-2H3. The SMILES string of the molecule is CCOC(=O)c1cc2cc3c(cc2oc1=O)N(CC)c1ccccc1S3. The molecule has 0 unspecified atom stereocenters. The van der Waals surface area contributed by atoms with E-state index in [4.69, 9.17) is 9.15 Å². The van der Waals surface area contributed by atoms with Gasteiger partial charge in [0, 0.05) is 27.8 Å². The Kier molecular flexibility index (Phi) is 4.20. The zero-order valence-electron chi connectivity index (χ0n) is 14.4. The maximum absolute atomic E-state index is 12.2. The normalized spacial score (nSPS) is 12.6. The number of rotatable bonds is 3. The van der Waals surface area contributed by atoms with E-state index in [9.17, 15) is 9.59 Å². The Morgan fingerprint density at radius 3 is 2.69 bits per heavy atom. The molecular weight excluding hydrogens is 350 g/mol. The van der Waals surface area contributed by atoms with Crippen molar-refractivity contribution in [3.05, 3.63) is 58.4 Å². The number of nitrogens with zero attached hydrogens (tertiary/aromatic N) is 1. The zero-order valence-corrected chi connectivity index (χ0v) is 15.3. The summed E-state index contributed by atoms with van der Waals surface area (Å²) in [7, 11) is 0. The predicted molar refractivity (Wildman–Crippen MR) is 102 cm³/mol. The van der Waals surface area contributed by atoms with Gasteiger partial charge in [-0.05, 0) is 38.1 Å². The van der Waals surface area contributed by atoms with Crippen LogP contribution in [0.4, 0.5) is 11.4 Å². The van der Waals surface area contributed by atoms with Crippen molar-refractivity contribution in [1.82, 2.24) is 0 Å². The van der Waals surface area contributed by atoms with E-state index < -0.39 is 11.6 Å². The molecule has 0 saturated heterocycles. The molecule has 0 fully saturated rings. The molecule has 132 valence electrons. The van der Waals surface area contributed by atoms with E-state index in [0.717, 1.165) is 22.8 Å². The van der Waals surface area contributed by atoms with E-state index >= 15 is 0 Å². The lowest BCUT2D eigenvalue weighted by atomic mass is 10.1. The summed E-state index contributed by atoms with van der Waals surface area (Å²) in [4.78, 5) is 28.6. The summed E-state index contributed by atoms with van der Waals surface area (Å²) in [6.07, 6.45) is 0. The molecule has 26 heavy (non-hydrogen) atoms. The number of esters is 1. The van der Waals surface area contributed by atoms with Crippen LogP contribution in [0.3, 0.4) is 0 Å². The van der Waals surface area contributed by atoms with Gasteiger partial charge in [0.05, 0.1) is 18.0 Å². The topological polar surface area (TPSA) is 59.8 Å². The van der Waals surface area contributed by atoms with Crippen LogP contribution in [0.5, 0.6) is 0 Å². The molecule has 6 heteroatoms. The van der Waals surface area contributed by atoms with Gasteiger partial charge < -0.3 is 14.1 Å². The fraction of sp³-hybridized carbons (Fsp3) is 0.200. The first kappa shape index (κ1) is 16.7. The fourth-order valence-electron chi connectivity index (χ4n) is 3.13. The fourth-order valence-corrected chi connectivity index (χ4v) is 4.26. The van der Waals surface area contributed by atoms with Gasteiger partial charge in [-0.25, -0.2) is 9.59 Å². The van der Waals surface area contributed by atoms with Crippen LogP contribution in [-0.2, 0) is 4.74 Å². The molecular formula is C20H17NO4S. The minimum absolute atomic E-state index is 0.0761. The van der Waals surface area contributed by atoms with E-state index in [1.807, 2.05) is 24.3 Å². The van der Waals surface area contributed by atoms with Crippen molar-refractivity contribution >= 4 is 40.1 Å². The monoisotopic (exact) mass is 367 g/mol. The largest absolute Gasteiger partial charge is 0.462 e. The Hall–Kier alpha value is -2.73. The number of benzene rings is 2. The average molecular weight is 367 g/mol. The highest BCUT2D eigenvalue weighted by atomic mass is 32.2. The molecule has 1 aliphatic heterocycles. The lowest BCUT2D eigenvalue weighted by Gasteiger charge is -2.31. The van der Waals surface area contributed by atoms with Gasteiger partial charge in [-0.15, -0.1) is 0 Å². The predicted octanol–water partition coefficient (Wildman–Crippen LogP) is 4.59. The minimum atomic E-state index is -0.678. The molecule has 1 aromatic heterocycles. The number of fused-ring (bicyclic) bond motifs is 3. The third kappa shape index (κ3) is 2.66. The molecule has 1 aliphatic rings. The van der Waals surface area contributed by atoms with Gasteiger partial charge in [0.1, 0.15) is 11.1 Å². The lowest BCUT2D eigenvalue weighted by molar-refractivity contribution is 0.0522.